The van der Waals surface area contributed by atoms with E-state index in [1.54, 1.807) is 0 Å². The van der Waals surface area contributed by atoms with Crippen LogP contribution in [-0.4, -0.2) is 16.7 Å². The van der Waals surface area contributed by atoms with Crippen LogP contribution in [0.4, 0.5) is 0 Å². The lowest BCUT2D eigenvalue weighted by molar-refractivity contribution is 0.129. The van der Waals surface area contributed by atoms with Crippen molar-refractivity contribution in [2.45, 2.75) is 32.6 Å². The molecule has 20 heavy (non-hydrogen) atoms. The molecule has 1 aliphatic carbocycles. The second-order valence-corrected chi connectivity index (χ2v) is 6.56. The molecule has 3 rings (SSSR count). The summed E-state index contributed by atoms with van der Waals surface area (Å²) in [5, 5.41) is 4.09. The molecule has 0 radical (unpaired) electrons. The molecule has 0 unspecified atom stereocenters. The average molecular weight is 336 g/mol. The molecule has 1 aromatic carbocycles. The Labute approximate surface area is 126 Å². The summed E-state index contributed by atoms with van der Waals surface area (Å²) in [7, 11) is 0. The maximum Gasteiger partial charge on any atom is 0.227 e. The standard InChI is InChI=1S/C15H18BrN3O/c1-10-3-4-11(7-12(10)16)14-18-13(20-19-14)8-15(9-17)5-2-6-15/h3-4,7H,2,5-6,8-9,17H2,1H3. The molecule has 1 heterocycles. The number of aromatic nitrogens is 2. The highest BCUT2D eigenvalue weighted by Crippen LogP contribution is 2.42. The van der Waals surface area contributed by atoms with E-state index in [9.17, 15) is 0 Å². The largest absolute Gasteiger partial charge is 0.339 e. The molecule has 0 atom stereocenters. The molecular formula is C15H18BrN3O. The number of aryl methyl sites for hydroxylation is 1. The maximum atomic E-state index is 5.88. The Morgan fingerprint density at radius 3 is 2.80 bits per heavy atom. The van der Waals surface area contributed by atoms with Crippen molar-refractivity contribution < 1.29 is 4.52 Å². The van der Waals surface area contributed by atoms with Crippen molar-refractivity contribution in [3.63, 3.8) is 0 Å². The molecule has 0 saturated heterocycles. The summed E-state index contributed by atoms with van der Waals surface area (Å²) in [5.41, 5.74) is 8.22. The smallest absolute Gasteiger partial charge is 0.227 e. The van der Waals surface area contributed by atoms with Crippen molar-refractivity contribution in [2.75, 3.05) is 6.54 Å². The van der Waals surface area contributed by atoms with E-state index in [4.69, 9.17) is 10.3 Å². The van der Waals surface area contributed by atoms with Crippen LogP contribution in [0.15, 0.2) is 27.2 Å². The van der Waals surface area contributed by atoms with Crippen molar-refractivity contribution in [1.29, 1.82) is 0 Å². The molecule has 0 spiro atoms. The fourth-order valence-electron chi connectivity index (χ4n) is 2.63. The predicted molar refractivity (Wildman–Crippen MR) is 81.2 cm³/mol. The Bertz CT molecular complexity index is 614. The van der Waals surface area contributed by atoms with Gasteiger partial charge in [0.05, 0.1) is 0 Å². The molecule has 0 bridgehead atoms. The van der Waals surface area contributed by atoms with E-state index in [1.807, 2.05) is 18.2 Å². The normalized spacial score (nSPS) is 16.9. The Morgan fingerprint density at radius 2 is 2.20 bits per heavy atom. The van der Waals surface area contributed by atoms with Crippen LogP contribution in [0.5, 0.6) is 0 Å². The third-order valence-corrected chi connectivity index (χ3v) is 5.13. The molecule has 1 fully saturated rings. The summed E-state index contributed by atoms with van der Waals surface area (Å²) >= 11 is 3.53. The van der Waals surface area contributed by atoms with Crippen molar-refractivity contribution in [1.82, 2.24) is 10.1 Å². The summed E-state index contributed by atoms with van der Waals surface area (Å²) in [4.78, 5) is 4.51. The van der Waals surface area contributed by atoms with Crippen LogP contribution in [0.2, 0.25) is 0 Å². The van der Waals surface area contributed by atoms with Gasteiger partial charge < -0.3 is 10.3 Å². The molecule has 106 valence electrons. The van der Waals surface area contributed by atoms with Gasteiger partial charge in [0.15, 0.2) is 0 Å². The van der Waals surface area contributed by atoms with E-state index >= 15 is 0 Å². The van der Waals surface area contributed by atoms with Gasteiger partial charge in [-0.15, -0.1) is 0 Å². The van der Waals surface area contributed by atoms with Crippen molar-refractivity contribution >= 4 is 15.9 Å². The lowest BCUT2D eigenvalue weighted by Gasteiger charge is -2.39. The molecule has 2 N–H and O–H groups in total. The summed E-state index contributed by atoms with van der Waals surface area (Å²) < 4.78 is 6.44. The van der Waals surface area contributed by atoms with Gasteiger partial charge in [-0.05, 0) is 43.4 Å². The third kappa shape index (κ3) is 2.52. The number of nitrogens with zero attached hydrogens (tertiary/aromatic N) is 2. The highest BCUT2D eigenvalue weighted by atomic mass is 79.9. The van der Waals surface area contributed by atoms with Gasteiger partial charge in [-0.3, -0.25) is 0 Å². The molecule has 2 aromatic rings. The summed E-state index contributed by atoms with van der Waals surface area (Å²) in [6.45, 7) is 2.75. The van der Waals surface area contributed by atoms with Gasteiger partial charge in [0.2, 0.25) is 11.7 Å². The lowest BCUT2D eigenvalue weighted by atomic mass is 9.67. The number of hydrogen-bond acceptors (Lipinski definition) is 4. The zero-order valence-electron chi connectivity index (χ0n) is 11.5. The summed E-state index contributed by atoms with van der Waals surface area (Å²) in [6.07, 6.45) is 4.38. The Morgan fingerprint density at radius 1 is 1.40 bits per heavy atom. The number of benzene rings is 1. The van der Waals surface area contributed by atoms with E-state index in [-0.39, 0.29) is 5.41 Å². The van der Waals surface area contributed by atoms with Gasteiger partial charge in [0.1, 0.15) is 0 Å². The minimum Gasteiger partial charge on any atom is -0.339 e. The first-order valence-electron chi connectivity index (χ1n) is 6.91. The van der Waals surface area contributed by atoms with Crippen LogP contribution < -0.4 is 5.73 Å². The van der Waals surface area contributed by atoms with Gasteiger partial charge in [0.25, 0.3) is 0 Å². The van der Waals surface area contributed by atoms with Crippen molar-refractivity contribution in [3.05, 3.63) is 34.1 Å². The van der Waals surface area contributed by atoms with Crippen LogP contribution in [0.3, 0.4) is 0 Å². The average Bonchev–Trinajstić information content (AvgIpc) is 2.85. The summed E-state index contributed by atoms with van der Waals surface area (Å²) in [6, 6.07) is 6.07. The molecule has 1 aliphatic rings. The first-order valence-corrected chi connectivity index (χ1v) is 7.70. The highest BCUT2D eigenvalue weighted by Gasteiger charge is 2.37. The van der Waals surface area contributed by atoms with Crippen LogP contribution in [0, 0.1) is 12.3 Å². The lowest BCUT2D eigenvalue weighted by Crippen LogP contribution is -2.39. The number of hydrogen-bond donors (Lipinski definition) is 1. The molecule has 5 heteroatoms. The van der Waals surface area contributed by atoms with Gasteiger partial charge in [0, 0.05) is 16.5 Å². The van der Waals surface area contributed by atoms with E-state index in [0.29, 0.717) is 18.3 Å². The zero-order chi connectivity index (χ0) is 14.2. The highest BCUT2D eigenvalue weighted by molar-refractivity contribution is 9.10. The van der Waals surface area contributed by atoms with Gasteiger partial charge in [-0.25, -0.2) is 0 Å². The van der Waals surface area contributed by atoms with Gasteiger partial charge in [-0.1, -0.05) is 39.6 Å². The van der Waals surface area contributed by atoms with E-state index in [1.165, 1.54) is 12.0 Å². The monoisotopic (exact) mass is 335 g/mol. The topological polar surface area (TPSA) is 64.9 Å². The van der Waals surface area contributed by atoms with Crippen LogP contribution in [0.25, 0.3) is 11.4 Å². The summed E-state index contributed by atoms with van der Waals surface area (Å²) in [5.74, 6) is 1.34. The Balaban J connectivity index is 1.81. The number of nitrogens with two attached hydrogens (primary N) is 1. The quantitative estimate of drug-likeness (QED) is 0.928. The molecule has 1 saturated carbocycles. The predicted octanol–water partition coefficient (Wildman–Crippen LogP) is 3.48. The number of halogens is 1. The van der Waals surface area contributed by atoms with Gasteiger partial charge in [-0.2, -0.15) is 4.98 Å². The van der Waals surface area contributed by atoms with Gasteiger partial charge >= 0.3 is 0 Å². The third-order valence-electron chi connectivity index (χ3n) is 4.27. The van der Waals surface area contributed by atoms with Crippen molar-refractivity contribution in [2.24, 2.45) is 11.1 Å². The molecular weight excluding hydrogens is 318 g/mol. The van der Waals surface area contributed by atoms with Crippen molar-refractivity contribution in [3.8, 4) is 11.4 Å². The first kappa shape index (κ1) is 13.8. The Kier molecular flexibility index (Phi) is 3.65. The fourth-order valence-corrected chi connectivity index (χ4v) is 3.01. The SMILES string of the molecule is Cc1ccc(-c2noc(CC3(CN)CCC3)n2)cc1Br. The molecule has 0 amide bonds. The minimum absolute atomic E-state index is 0.192. The van der Waals surface area contributed by atoms with Crippen LogP contribution in [0.1, 0.15) is 30.7 Å². The van der Waals surface area contributed by atoms with E-state index in [0.717, 1.165) is 29.3 Å². The number of rotatable bonds is 4. The Hall–Kier alpha value is -1.20. The zero-order valence-corrected chi connectivity index (χ0v) is 13.1. The van der Waals surface area contributed by atoms with E-state index < -0.39 is 0 Å². The molecule has 0 aliphatic heterocycles. The maximum absolute atomic E-state index is 5.88. The van der Waals surface area contributed by atoms with Crippen LogP contribution in [-0.2, 0) is 6.42 Å². The first-order chi connectivity index (χ1) is 9.62. The molecule has 1 aromatic heterocycles. The second-order valence-electron chi connectivity index (χ2n) is 5.71. The van der Waals surface area contributed by atoms with E-state index in [2.05, 4.69) is 33.0 Å². The second kappa shape index (κ2) is 5.30. The van der Waals surface area contributed by atoms with Crippen LogP contribution >= 0.6 is 15.9 Å². The minimum atomic E-state index is 0.192. The molecule has 4 nitrogen and oxygen atoms in total. The fraction of sp³-hybridized carbons (Fsp3) is 0.467.